The second kappa shape index (κ2) is 16.5. The third kappa shape index (κ3) is 12.8. The number of nitrogens with zero attached hydrogens (tertiary/aromatic N) is 1. The van der Waals surface area contributed by atoms with E-state index in [4.69, 9.17) is 43.6 Å². The zero-order chi connectivity index (χ0) is 26.3. The Hall–Kier alpha value is -3.11. The quantitative estimate of drug-likeness (QED) is 0.0955. The summed E-state index contributed by atoms with van der Waals surface area (Å²) in [6.07, 6.45) is 4.20. The maximum absolute atomic E-state index is 11.7. The van der Waals surface area contributed by atoms with Gasteiger partial charge in [-0.05, 0) is 26.3 Å². The van der Waals surface area contributed by atoms with Crippen molar-refractivity contribution < 1.29 is 38.9 Å². The Bertz CT molecular complexity index is 762. The van der Waals surface area contributed by atoms with Gasteiger partial charge in [0.15, 0.2) is 0 Å². The summed E-state index contributed by atoms with van der Waals surface area (Å²) in [6, 6.07) is -4.29. The molecule has 1 aromatic heterocycles. The number of aromatic amines is 1. The highest BCUT2D eigenvalue weighted by atomic mass is 16.6. The van der Waals surface area contributed by atoms with Crippen molar-refractivity contribution in [1.82, 2.24) is 9.97 Å². The first-order valence-corrected chi connectivity index (χ1v) is 10.4. The molecular formula is C19H35N7O8. The van der Waals surface area contributed by atoms with Crippen LogP contribution in [0.25, 0.3) is 0 Å². The van der Waals surface area contributed by atoms with Gasteiger partial charge >= 0.3 is 23.9 Å². The average Bonchev–Trinajstić information content (AvgIpc) is 3.29. The number of nitrogens with one attached hydrogen (secondary N) is 1. The van der Waals surface area contributed by atoms with Gasteiger partial charge in [-0.3, -0.25) is 19.2 Å². The van der Waals surface area contributed by atoms with Gasteiger partial charge in [0.2, 0.25) is 0 Å². The highest BCUT2D eigenvalue weighted by molar-refractivity contribution is 5.79. The zero-order valence-electron chi connectivity index (χ0n) is 19.0. The van der Waals surface area contributed by atoms with E-state index in [0.29, 0.717) is 19.4 Å². The number of carbonyl (C=O) groups excluding carboxylic acids is 2. The van der Waals surface area contributed by atoms with E-state index in [1.54, 1.807) is 6.20 Å². The number of carbonyl (C=O) groups is 4. The smallest absolute Gasteiger partial charge is 0.326 e. The number of carboxylic acids is 2. The molecule has 5 atom stereocenters. The number of hydrogen-bond donors (Lipinski definition) is 8. The molecule has 0 bridgehead atoms. The van der Waals surface area contributed by atoms with Crippen LogP contribution in [0.5, 0.6) is 0 Å². The number of ether oxygens (including phenoxy) is 2. The molecule has 15 heteroatoms. The van der Waals surface area contributed by atoms with Crippen LogP contribution in [-0.4, -0.2) is 87.5 Å². The minimum Gasteiger partial charge on any atom is -0.480 e. The maximum atomic E-state index is 11.7. The van der Waals surface area contributed by atoms with Crippen LogP contribution in [0.1, 0.15) is 31.9 Å². The van der Waals surface area contributed by atoms with Crippen molar-refractivity contribution in [1.29, 1.82) is 0 Å². The normalized spacial score (nSPS) is 15.0. The van der Waals surface area contributed by atoms with Gasteiger partial charge in [-0.25, -0.2) is 4.98 Å². The summed E-state index contributed by atoms with van der Waals surface area (Å²) in [6.45, 7) is 1.39. The van der Waals surface area contributed by atoms with E-state index in [9.17, 15) is 19.2 Å². The molecule has 0 spiro atoms. The summed E-state index contributed by atoms with van der Waals surface area (Å²) < 4.78 is 9.67. The second-order valence-electron chi connectivity index (χ2n) is 7.36. The molecule has 0 aromatic carbocycles. The van der Waals surface area contributed by atoms with Gasteiger partial charge in [-0.1, -0.05) is 6.42 Å². The molecule has 194 valence electrons. The fraction of sp³-hybridized carbons (Fsp3) is 0.632. The van der Waals surface area contributed by atoms with E-state index in [1.165, 1.54) is 13.3 Å². The molecular weight excluding hydrogens is 454 g/mol. The lowest BCUT2D eigenvalue weighted by molar-refractivity contribution is -0.158. The van der Waals surface area contributed by atoms with E-state index in [1.807, 2.05) is 0 Å². The van der Waals surface area contributed by atoms with Crippen molar-refractivity contribution in [2.24, 2.45) is 28.7 Å². The van der Waals surface area contributed by atoms with E-state index in [2.05, 4.69) is 14.7 Å². The summed E-state index contributed by atoms with van der Waals surface area (Å²) in [5, 5.41) is 17.0. The number of imidazole rings is 1. The van der Waals surface area contributed by atoms with Crippen LogP contribution in [-0.2, 0) is 35.1 Å². The molecule has 1 rings (SSSR count). The molecule has 1 aromatic rings. The topological polar surface area (TPSA) is 286 Å². The Morgan fingerprint density at radius 1 is 1.00 bits per heavy atom. The summed E-state index contributed by atoms with van der Waals surface area (Å²) in [5.41, 5.74) is 27.8. The Labute approximate surface area is 196 Å². The number of carboxylic acid groups (broad SMARTS) is 2. The largest absolute Gasteiger partial charge is 0.480 e. The van der Waals surface area contributed by atoms with Gasteiger partial charge in [0.25, 0.3) is 0 Å². The van der Waals surface area contributed by atoms with Crippen molar-refractivity contribution in [3.63, 3.8) is 0 Å². The minimum absolute atomic E-state index is 0.287. The SMILES string of the molecule is C[C@@H](OC(=O)[C@@H](N)CCCCN)[C@H](N)C(=O)OC[C@H](N)C(=O)O.N[C@@H](Cc1cnc[nH]1)C(=O)O. The number of esters is 2. The van der Waals surface area contributed by atoms with Gasteiger partial charge in [0, 0.05) is 18.3 Å². The predicted molar refractivity (Wildman–Crippen MR) is 119 cm³/mol. The Morgan fingerprint density at radius 2 is 1.62 bits per heavy atom. The standard InChI is InChI=1S/C13H26N4O6.C6H9N3O2/c1-7(23-12(20)8(15)4-2-3-5-14)10(17)13(21)22-6-9(16)11(18)19;7-5(6(10)11)1-4-2-8-3-9-4/h7-10H,2-6,14-17H2,1H3,(H,18,19);2-3,5H,1,7H2,(H,8,9)(H,10,11)/t7-,8+,9+,10+;5-/m10/s1. The molecule has 0 aliphatic rings. The highest BCUT2D eigenvalue weighted by Gasteiger charge is 2.28. The number of aromatic nitrogens is 2. The minimum atomic E-state index is -1.35. The van der Waals surface area contributed by atoms with Crippen molar-refractivity contribution >= 4 is 23.9 Å². The average molecular weight is 490 g/mol. The fourth-order valence-electron chi connectivity index (χ4n) is 2.22. The molecule has 0 unspecified atom stereocenters. The van der Waals surface area contributed by atoms with Crippen molar-refractivity contribution in [2.75, 3.05) is 13.2 Å². The Balaban J connectivity index is 0.000000818. The first-order valence-electron chi connectivity index (χ1n) is 10.4. The summed E-state index contributed by atoms with van der Waals surface area (Å²) >= 11 is 0. The van der Waals surface area contributed by atoms with Crippen molar-refractivity contribution in [3.05, 3.63) is 18.2 Å². The zero-order valence-corrected chi connectivity index (χ0v) is 19.0. The van der Waals surface area contributed by atoms with Crippen molar-refractivity contribution in [3.8, 4) is 0 Å². The molecule has 0 radical (unpaired) electrons. The van der Waals surface area contributed by atoms with Crippen LogP contribution in [0.3, 0.4) is 0 Å². The van der Waals surface area contributed by atoms with Gasteiger partial charge in [-0.2, -0.15) is 0 Å². The number of aliphatic carboxylic acids is 2. The second-order valence-corrected chi connectivity index (χ2v) is 7.36. The lowest BCUT2D eigenvalue weighted by atomic mass is 10.1. The molecule has 0 saturated heterocycles. The molecule has 0 aliphatic heterocycles. The van der Waals surface area contributed by atoms with E-state index >= 15 is 0 Å². The Kier molecular flexibility index (Phi) is 15.0. The van der Waals surface area contributed by atoms with Crippen LogP contribution < -0.4 is 28.7 Å². The molecule has 0 amide bonds. The highest BCUT2D eigenvalue weighted by Crippen LogP contribution is 2.05. The fourth-order valence-corrected chi connectivity index (χ4v) is 2.22. The van der Waals surface area contributed by atoms with Gasteiger partial charge in [0.1, 0.15) is 36.9 Å². The van der Waals surface area contributed by atoms with Gasteiger partial charge < -0.3 is 53.3 Å². The number of unbranched alkanes of at least 4 members (excludes halogenated alkanes) is 1. The van der Waals surface area contributed by atoms with Crippen LogP contribution in [0.2, 0.25) is 0 Å². The van der Waals surface area contributed by atoms with E-state index in [0.717, 1.165) is 12.1 Å². The molecule has 13 N–H and O–H groups in total. The van der Waals surface area contributed by atoms with E-state index < -0.39 is 60.8 Å². The number of rotatable bonds is 14. The van der Waals surface area contributed by atoms with Crippen LogP contribution in [0.4, 0.5) is 0 Å². The van der Waals surface area contributed by atoms with Gasteiger partial charge in [-0.15, -0.1) is 0 Å². The third-order valence-corrected chi connectivity index (χ3v) is 4.39. The number of nitrogens with two attached hydrogens (primary N) is 5. The summed E-state index contributed by atoms with van der Waals surface area (Å²) in [7, 11) is 0. The third-order valence-electron chi connectivity index (χ3n) is 4.39. The first-order chi connectivity index (χ1) is 15.9. The molecule has 0 aliphatic carbocycles. The molecule has 0 saturated carbocycles. The molecule has 34 heavy (non-hydrogen) atoms. The monoisotopic (exact) mass is 489 g/mol. The Morgan fingerprint density at radius 3 is 2.12 bits per heavy atom. The van der Waals surface area contributed by atoms with Crippen LogP contribution >= 0.6 is 0 Å². The van der Waals surface area contributed by atoms with Crippen LogP contribution in [0.15, 0.2) is 12.5 Å². The molecule has 0 fully saturated rings. The molecule has 1 heterocycles. The molecule has 15 nitrogen and oxygen atoms in total. The predicted octanol–water partition coefficient (Wildman–Crippen LogP) is -2.98. The lowest BCUT2D eigenvalue weighted by Crippen LogP contribution is -2.47. The number of H-pyrrole nitrogens is 1. The van der Waals surface area contributed by atoms with Gasteiger partial charge in [0.05, 0.1) is 6.33 Å². The summed E-state index contributed by atoms with van der Waals surface area (Å²) in [4.78, 5) is 50.7. The van der Waals surface area contributed by atoms with Crippen LogP contribution in [0, 0.1) is 0 Å². The maximum Gasteiger partial charge on any atom is 0.326 e. The number of hydrogen-bond acceptors (Lipinski definition) is 12. The lowest BCUT2D eigenvalue weighted by Gasteiger charge is -2.21. The first kappa shape index (κ1) is 30.9. The van der Waals surface area contributed by atoms with E-state index in [-0.39, 0.29) is 6.42 Å². The summed E-state index contributed by atoms with van der Waals surface area (Å²) in [5.74, 6) is -3.91. The van der Waals surface area contributed by atoms with Crippen molar-refractivity contribution in [2.45, 2.75) is 62.9 Å².